The topological polar surface area (TPSA) is 208 Å². The van der Waals surface area contributed by atoms with E-state index in [2.05, 4.69) is 10.2 Å². The van der Waals surface area contributed by atoms with Gasteiger partial charge in [0.2, 0.25) is 0 Å². The molecule has 0 saturated heterocycles. The van der Waals surface area contributed by atoms with Crippen LogP contribution in [0.15, 0.2) is 48.8 Å². The van der Waals surface area contributed by atoms with Crippen LogP contribution in [0.5, 0.6) is 0 Å². The van der Waals surface area contributed by atoms with Crippen molar-refractivity contribution in [3.05, 3.63) is 89.2 Å². The molecule has 2 aromatic heterocycles. The Morgan fingerprint density at radius 1 is 0.633 bits per heavy atom. The van der Waals surface area contributed by atoms with E-state index in [1.165, 1.54) is 36.4 Å². The van der Waals surface area contributed by atoms with Gasteiger partial charge in [-0.25, -0.2) is 0 Å². The summed E-state index contributed by atoms with van der Waals surface area (Å²) in [6, 6.07) is 8.45. The van der Waals surface area contributed by atoms with Crippen molar-refractivity contribution in [2.24, 2.45) is 0 Å². The molecule has 0 saturated carbocycles. The van der Waals surface area contributed by atoms with Crippen LogP contribution in [-0.2, 0) is 0 Å². The summed E-state index contributed by atoms with van der Waals surface area (Å²) in [5.74, 6) is 0. The zero-order valence-electron chi connectivity index (χ0n) is 14.5. The number of benzene rings is 2. The van der Waals surface area contributed by atoms with E-state index in [4.69, 9.17) is 0 Å². The number of hydrogen-bond donors (Lipinski definition) is 0. The van der Waals surface area contributed by atoms with E-state index in [0.29, 0.717) is 20.4 Å². The molecule has 4 rings (SSSR count). The van der Waals surface area contributed by atoms with E-state index in [0.717, 1.165) is 12.4 Å². The summed E-state index contributed by atoms with van der Waals surface area (Å²) < 4.78 is 0. The molecule has 0 bridgehead atoms. The van der Waals surface area contributed by atoms with Crippen molar-refractivity contribution in [1.82, 2.24) is 19.8 Å². The number of aromatic nitrogens is 4. The van der Waals surface area contributed by atoms with Crippen molar-refractivity contribution < 1.29 is 19.9 Å². The summed E-state index contributed by atoms with van der Waals surface area (Å²) in [6.07, 6.45) is 2.25. The minimum atomic E-state index is -0.760. The number of nitro groups is 4. The highest BCUT2D eigenvalue weighted by Crippen LogP contribution is 2.24. The molecule has 0 amide bonds. The Morgan fingerprint density at radius 2 is 1.00 bits per heavy atom. The maximum absolute atomic E-state index is 10.6. The molecule has 0 atom stereocenters. The highest BCUT2D eigenvalue weighted by atomic mass is 16.7. The number of fused-ring (bicyclic) bond motifs is 2. The normalized spacial score (nSPS) is 10.4. The van der Waals surface area contributed by atoms with Crippen molar-refractivity contribution in [1.29, 1.82) is 0 Å². The lowest BCUT2D eigenvalue weighted by atomic mass is 10.2. The van der Waals surface area contributed by atoms with Crippen LogP contribution in [0.25, 0.3) is 21.8 Å². The van der Waals surface area contributed by atoms with Gasteiger partial charge in [0.25, 0.3) is 11.0 Å². The van der Waals surface area contributed by atoms with Gasteiger partial charge in [0.1, 0.15) is 12.4 Å². The quantitative estimate of drug-likeness (QED) is 0.348. The third kappa shape index (κ3) is 3.67. The predicted octanol–water partition coefficient (Wildman–Crippen LogP) is 1.97. The van der Waals surface area contributed by atoms with Crippen molar-refractivity contribution in [2.75, 3.05) is 0 Å². The molecule has 0 aliphatic rings. The average molecular weight is 416 g/mol. The third-order valence-corrected chi connectivity index (χ3v) is 3.73. The molecule has 4 aromatic rings. The lowest BCUT2D eigenvalue weighted by molar-refractivity contribution is -0.552. The van der Waals surface area contributed by atoms with Crippen molar-refractivity contribution >= 4 is 33.2 Å². The first-order chi connectivity index (χ1) is 14.2. The lowest BCUT2D eigenvalue weighted by Gasteiger charge is -1.87. The third-order valence-electron chi connectivity index (χ3n) is 3.73. The first-order valence-electron chi connectivity index (χ1n) is 7.74. The van der Waals surface area contributed by atoms with Gasteiger partial charge in [-0.15, -0.1) is 0 Å². The van der Waals surface area contributed by atoms with E-state index >= 15 is 0 Å². The molecular formula is C14H8N8O8. The minimum Gasteiger partial charge on any atom is -0.339 e. The molecule has 0 radical (unpaired) electrons. The highest BCUT2D eigenvalue weighted by Gasteiger charge is 2.22. The fraction of sp³-hybridized carbons (Fsp3) is 0. The van der Waals surface area contributed by atoms with Crippen LogP contribution in [0.4, 0.5) is 11.4 Å². The van der Waals surface area contributed by atoms with Crippen LogP contribution in [0.2, 0.25) is 0 Å². The van der Waals surface area contributed by atoms with Gasteiger partial charge >= 0.3 is 11.4 Å². The van der Waals surface area contributed by atoms with Crippen molar-refractivity contribution in [2.45, 2.75) is 0 Å². The van der Waals surface area contributed by atoms with Gasteiger partial charge in [0.05, 0.1) is 40.9 Å². The van der Waals surface area contributed by atoms with Crippen LogP contribution in [-0.4, -0.2) is 39.7 Å². The summed E-state index contributed by atoms with van der Waals surface area (Å²) >= 11 is 0. The van der Waals surface area contributed by atoms with E-state index in [1.54, 1.807) is 0 Å². The van der Waals surface area contributed by atoms with Crippen LogP contribution < -0.4 is 0 Å². The number of nitrogens with zero attached hydrogens (tertiary/aromatic N) is 8. The molecule has 0 aliphatic carbocycles. The second-order valence-corrected chi connectivity index (χ2v) is 5.52. The number of nitro benzene ring substituents is 2. The Morgan fingerprint density at radius 3 is 1.30 bits per heavy atom. The van der Waals surface area contributed by atoms with Gasteiger partial charge in [-0.2, -0.15) is 0 Å². The molecule has 152 valence electrons. The Balaban J connectivity index is 0.000000171. The Hall–Kier alpha value is -5.02. The van der Waals surface area contributed by atoms with Crippen LogP contribution in [0.1, 0.15) is 0 Å². The van der Waals surface area contributed by atoms with Crippen molar-refractivity contribution in [3.63, 3.8) is 0 Å². The summed E-state index contributed by atoms with van der Waals surface area (Å²) in [4.78, 5) is 41.6. The molecule has 0 N–H and O–H groups in total. The van der Waals surface area contributed by atoms with Gasteiger partial charge in [-0.05, 0) is 12.1 Å². The number of hydrogen-bond acceptors (Lipinski definition) is 10. The maximum atomic E-state index is 10.6. The monoisotopic (exact) mass is 416 g/mol. The molecule has 0 fully saturated rings. The first-order valence-corrected chi connectivity index (χ1v) is 7.74. The van der Waals surface area contributed by atoms with E-state index < -0.39 is 19.9 Å². The minimum absolute atomic E-state index is 0.0131. The molecule has 2 aromatic carbocycles. The Bertz CT molecular complexity index is 1220. The van der Waals surface area contributed by atoms with Gasteiger partial charge in [-0.1, -0.05) is 12.1 Å². The van der Waals surface area contributed by atoms with Crippen LogP contribution in [0.3, 0.4) is 0 Å². The Kier molecular flexibility index (Phi) is 4.96. The van der Waals surface area contributed by atoms with E-state index in [9.17, 15) is 40.5 Å². The zero-order chi connectivity index (χ0) is 22.0. The molecule has 0 aliphatic heterocycles. The summed E-state index contributed by atoms with van der Waals surface area (Å²) in [5.41, 5.74) is -0.459. The number of rotatable bonds is 4. The average Bonchev–Trinajstić information content (AvgIpc) is 3.32. The molecule has 30 heavy (non-hydrogen) atoms. The first kappa shape index (κ1) is 19.7. The molecule has 16 heteroatoms. The van der Waals surface area contributed by atoms with Crippen LogP contribution >= 0.6 is 0 Å². The van der Waals surface area contributed by atoms with Crippen LogP contribution in [0, 0.1) is 40.5 Å². The highest BCUT2D eigenvalue weighted by molar-refractivity contribution is 5.87. The van der Waals surface area contributed by atoms with Gasteiger partial charge < -0.3 is 20.2 Å². The fourth-order valence-electron chi connectivity index (χ4n) is 2.50. The molecular weight excluding hydrogens is 408 g/mol. The molecule has 2 heterocycles. The second kappa shape index (κ2) is 7.54. The molecule has 0 spiro atoms. The predicted molar refractivity (Wildman–Crippen MR) is 97.6 cm³/mol. The van der Waals surface area contributed by atoms with Crippen molar-refractivity contribution in [3.8, 4) is 0 Å². The summed E-state index contributed by atoms with van der Waals surface area (Å²) in [7, 11) is 0. The zero-order valence-corrected chi connectivity index (χ0v) is 14.5. The maximum Gasteiger partial charge on any atom is 0.323 e. The second-order valence-electron chi connectivity index (χ2n) is 5.52. The largest absolute Gasteiger partial charge is 0.339 e. The van der Waals surface area contributed by atoms with E-state index in [1.807, 2.05) is 0 Å². The standard InChI is InChI=1S/2C7H4N4O4/c2*12-10(13)6-3-1-2-5-4-9(11(14)15)8-7(5)6/h2*1-4H. The summed E-state index contributed by atoms with van der Waals surface area (Å²) in [5, 5.41) is 48.2. The fourth-order valence-corrected chi connectivity index (χ4v) is 2.50. The summed E-state index contributed by atoms with van der Waals surface area (Å²) in [6.45, 7) is 0. The number of non-ortho nitro benzene ring substituents is 2. The van der Waals surface area contributed by atoms with Gasteiger partial charge in [0.15, 0.2) is 0 Å². The smallest absolute Gasteiger partial charge is 0.323 e. The lowest BCUT2D eigenvalue weighted by Crippen LogP contribution is -2.08. The van der Waals surface area contributed by atoms with E-state index in [-0.39, 0.29) is 22.4 Å². The van der Waals surface area contributed by atoms with Gasteiger partial charge in [0, 0.05) is 21.7 Å². The SMILES string of the molecule is O=[N+]([O-])c1cccc2cn([N+](=O)[O-])nc12.O=[N+]([O-])c1cccc2cn([N+](=O)[O-])nc12. The molecule has 16 nitrogen and oxygen atoms in total. The molecule has 0 unspecified atom stereocenters. The Labute approximate surface area is 163 Å². The van der Waals surface area contributed by atoms with Gasteiger partial charge in [-0.3, -0.25) is 20.2 Å².